The van der Waals surface area contributed by atoms with E-state index in [2.05, 4.69) is 15.6 Å². The molecule has 2 heterocycles. The van der Waals surface area contributed by atoms with Gasteiger partial charge in [0.2, 0.25) is 5.91 Å². The molecule has 2 aromatic rings. The summed E-state index contributed by atoms with van der Waals surface area (Å²) in [5.74, 6) is -0.0612. The Morgan fingerprint density at radius 3 is 3.10 bits per heavy atom. The lowest BCUT2D eigenvalue weighted by molar-refractivity contribution is -0.120. The van der Waals surface area contributed by atoms with Crippen LogP contribution in [0.5, 0.6) is 0 Å². The average Bonchev–Trinajstić information content (AvgIpc) is 2.81. The number of methoxy groups -OCH3 is 1. The molecule has 0 unspecified atom stereocenters. The van der Waals surface area contributed by atoms with Crippen molar-refractivity contribution in [3.05, 3.63) is 35.2 Å². The van der Waals surface area contributed by atoms with Crippen molar-refractivity contribution in [3.8, 4) is 0 Å². The Morgan fingerprint density at radius 1 is 1.45 bits per heavy atom. The highest BCUT2D eigenvalue weighted by Crippen LogP contribution is 2.11. The van der Waals surface area contributed by atoms with Crippen LogP contribution in [0, 0.1) is 0 Å². The Hall–Kier alpha value is -1.63. The fourth-order valence-corrected chi connectivity index (χ4v) is 1.93. The predicted molar refractivity (Wildman–Crippen MR) is 76.8 cm³/mol. The van der Waals surface area contributed by atoms with Crippen LogP contribution in [0.3, 0.4) is 0 Å². The average molecular weight is 297 g/mol. The van der Waals surface area contributed by atoms with Gasteiger partial charge in [-0.1, -0.05) is 11.6 Å². The minimum Gasteiger partial charge on any atom is -0.383 e. The van der Waals surface area contributed by atoms with Gasteiger partial charge in [0, 0.05) is 32.6 Å². The molecular formula is C13H17ClN4O2. The molecule has 2 N–H and O–H groups in total. The number of nitrogens with one attached hydrogen (secondary N) is 2. The molecule has 0 aliphatic heterocycles. The van der Waals surface area contributed by atoms with Gasteiger partial charge in [0.15, 0.2) is 0 Å². The molecule has 0 spiro atoms. The van der Waals surface area contributed by atoms with Gasteiger partial charge in [-0.05, 0) is 12.1 Å². The van der Waals surface area contributed by atoms with E-state index in [0.717, 1.165) is 11.3 Å². The van der Waals surface area contributed by atoms with Crippen molar-refractivity contribution in [1.29, 1.82) is 0 Å². The van der Waals surface area contributed by atoms with Gasteiger partial charge in [0.05, 0.1) is 23.9 Å². The molecule has 0 saturated heterocycles. The van der Waals surface area contributed by atoms with Crippen LogP contribution in [0.25, 0.3) is 5.65 Å². The molecule has 0 atom stereocenters. The van der Waals surface area contributed by atoms with Crippen molar-refractivity contribution in [2.75, 3.05) is 26.8 Å². The molecule has 2 aromatic heterocycles. The molecule has 108 valence electrons. The Balaban J connectivity index is 1.79. The molecule has 0 aliphatic carbocycles. The van der Waals surface area contributed by atoms with Crippen LogP contribution in [0.4, 0.5) is 0 Å². The minimum atomic E-state index is -0.0612. The number of hydrogen-bond acceptors (Lipinski definition) is 4. The lowest BCUT2D eigenvalue weighted by Crippen LogP contribution is -2.35. The van der Waals surface area contributed by atoms with Gasteiger partial charge in [0.1, 0.15) is 5.65 Å². The predicted octanol–water partition coefficient (Wildman–Crippen LogP) is 0.840. The Bertz CT molecular complexity index is 585. The summed E-state index contributed by atoms with van der Waals surface area (Å²) < 4.78 is 6.71. The third kappa shape index (κ3) is 4.19. The second-order valence-electron chi connectivity index (χ2n) is 4.29. The number of pyridine rings is 1. The van der Waals surface area contributed by atoms with E-state index in [1.807, 2.05) is 16.7 Å². The largest absolute Gasteiger partial charge is 0.383 e. The standard InChI is InChI=1S/C13H17ClN4O2/c1-20-5-4-16-13(19)7-15-6-11-9-18-8-10(14)2-3-12(18)17-11/h2-3,8-9,15H,4-7H2,1H3,(H,16,19). The van der Waals surface area contributed by atoms with Crippen LogP contribution < -0.4 is 10.6 Å². The zero-order chi connectivity index (χ0) is 14.4. The van der Waals surface area contributed by atoms with Crippen LogP contribution in [-0.2, 0) is 16.1 Å². The molecule has 0 fully saturated rings. The molecule has 0 aliphatic rings. The number of fused-ring (bicyclic) bond motifs is 1. The number of halogens is 1. The Kier molecular flexibility index (Phi) is 5.34. The summed E-state index contributed by atoms with van der Waals surface area (Å²) in [6.07, 6.45) is 3.68. The molecule has 6 nitrogen and oxygen atoms in total. The van der Waals surface area contributed by atoms with Gasteiger partial charge in [0.25, 0.3) is 0 Å². The van der Waals surface area contributed by atoms with E-state index < -0.39 is 0 Å². The monoisotopic (exact) mass is 296 g/mol. The van der Waals surface area contributed by atoms with Gasteiger partial charge in [-0.3, -0.25) is 4.79 Å². The maximum absolute atomic E-state index is 11.5. The highest BCUT2D eigenvalue weighted by Gasteiger charge is 2.03. The van der Waals surface area contributed by atoms with E-state index in [4.69, 9.17) is 16.3 Å². The summed E-state index contributed by atoms with van der Waals surface area (Å²) in [5, 5.41) is 6.44. The third-order valence-electron chi connectivity index (χ3n) is 2.68. The van der Waals surface area contributed by atoms with Crippen molar-refractivity contribution < 1.29 is 9.53 Å². The number of aromatic nitrogens is 2. The fourth-order valence-electron chi connectivity index (χ4n) is 1.76. The second-order valence-corrected chi connectivity index (χ2v) is 4.73. The van der Waals surface area contributed by atoms with Gasteiger partial charge in [-0.25, -0.2) is 4.98 Å². The molecule has 1 amide bonds. The molecule has 0 radical (unpaired) electrons. The molecule has 7 heteroatoms. The van der Waals surface area contributed by atoms with E-state index in [1.165, 1.54) is 0 Å². The van der Waals surface area contributed by atoms with Crippen LogP contribution in [0.15, 0.2) is 24.5 Å². The number of rotatable bonds is 7. The Morgan fingerprint density at radius 2 is 2.30 bits per heavy atom. The SMILES string of the molecule is COCCNC(=O)CNCc1cn2cc(Cl)ccc2n1. The van der Waals surface area contributed by atoms with E-state index in [-0.39, 0.29) is 12.5 Å². The van der Waals surface area contributed by atoms with Gasteiger partial charge in [-0.15, -0.1) is 0 Å². The first-order chi connectivity index (χ1) is 9.69. The van der Waals surface area contributed by atoms with E-state index >= 15 is 0 Å². The summed E-state index contributed by atoms with van der Waals surface area (Å²) in [4.78, 5) is 15.9. The normalized spacial score (nSPS) is 10.9. The summed E-state index contributed by atoms with van der Waals surface area (Å²) in [6.45, 7) is 1.80. The van der Waals surface area contributed by atoms with Crippen molar-refractivity contribution in [2.45, 2.75) is 6.54 Å². The van der Waals surface area contributed by atoms with Gasteiger partial charge >= 0.3 is 0 Å². The van der Waals surface area contributed by atoms with E-state index in [9.17, 15) is 4.79 Å². The molecule has 0 saturated carbocycles. The van der Waals surface area contributed by atoms with Crippen LogP contribution in [0.1, 0.15) is 5.69 Å². The lowest BCUT2D eigenvalue weighted by atomic mass is 10.4. The molecule has 2 rings (SSSR count). The number of amides is 1. The van der Waals surface area contributed by atoms with E-state index in [1.54, 1.807) is 19.4 Å². The van der Waals surface area contributed by atoms with Crippen molar-refractivity contribution >= 4 is 23.2 Å². The van der Waals surface area contributed by atoms with Crippen LogP contribution in [0.2, 0.25) is 5.02 Å². The highest BCUT2D eigenvalue weighted by molar-refractivity contribution is 6.30. The fraction of sp³-hybridized carbons (Fsp3) is 0.385. The first-order valence-corrected chi connectivity index (χ1v) is 6.66. The maximum Gasteiger partial charge on any atom is 0.234 e. The summed E-state index contributed by atoms with van der Waals surface area (Å²) in [5.41, 5.74) is 1.69. The molecule has 0 aromatic carbocycles. The van der Waals surface area contributed by atoms with Crippen molar-refractivity contribution in [1.82, 2.24) is 20.0 Å². The number of imidazole rings is 1. The number of carbonyl (C=O) groups is 1. The maximum atomic E-state index is 11.5. The Labute approximate surface area is 122 Å². The molecular weight excluding hydrogens is 280 g/mol. The molecule has 0 bridgehead atoms. The molecule has 20 heavy (non-hydrogen) atoms. The zero-order valence-electron chi connectivity index (χ0n) is 11.2. The summed E-state index contributed by atoms with van der Waals surface area (Å²) >= 11 is 5.91. The summed E-state index contributed by atoms with van der Waals surface area (Å²) in [6, 6.07) is 3.65. The number of ether oxygens (including phenoxy) is 1. The van der Waals surface area contributed by atoms with Gasteiger partial charge < -0.3 is 19.8 Å². The van der Waals surface area contributed by atoms with Crippen molar-refractivity contribution in [3.63, 3.8) is 0 Å². The number of hydrogen-bond donors (Lipinski definition) is 2. The topological polar surface area (TPSA) is 67.7 Å². The first-order valence-electron chi connectivity index (χ1n) is 6.28. The van der Waals surface area contributed by atoms with Crippen LogP contribution >= 0.6 is 11.6 Å². The zero-order valence-corrected chi connectivity index (χ0v) is 12.0. The number of carbonyl (C=O) groups excluding carboxylic acids is 1. The third-order valence-corrected chi connectivity index (χ3v) is 2.91. The first kappa shape index (κ1) is 14.8. The van der Waals surface area contributed by atoms with Gasteiger partial charge in [-0.2, -0.15) is 0 Å². The smallest absolute Gasteiger partial charge is 0.234 e. The summed E-state index contributed by atoms with van der Waals surface area (Å²) in [7, 11) is 1.60. The highest BCUT2D eigenvalue weighted by atomic mass is 35.5. The van der Waals surface area contributed by atoms with Crippen molar-refractivity contribution in [2.24, 2.45) is 0 Å². The quantitative estimate of drug-likeness (QED) is 0.743. The van der Waals surface area contributed by atoms with Crippen LogP contribution in [-0.4, -0.2) is 42.1 Å². The number of nitrogens with zero attached hydrogens (tertiary/aromatic N) is 2. The second kappa shape index (κ2) is 7.23. The van der Waals surface area contributed by atoms with E-state index in [0.29, 0.717) is 24.7 Å². The lowest BCUT2D eigenvalue weighted by Gasteiger charge is -2.04. The minimum absolute atomic E-state index is 0.0612.